The van der Waals surface area contributed by atoms with E-state index in [1.165, 1.54) is 37.7 Å². The third-order valence-corrected chi connectivity index (χ3v) is 4.34. The van der Waals surface area contributed by atoms with Gasteiger partial charge in [-0.05, 0) is 42.9 Å². The molecule has 1 unspecified atom stereocenters. The Labute approximate surface area is 130 Å². The van der Waals surface area contributed by atoms with E-state index in [0.717, 1.165) is 12.3 Å². The van der Waals surface area contributed by atoms with Gasteiger partial charge in [-0.15, -0.1) is 0 Å². The van der Waals surface area contributed by atoms with Gasteiger partial charge >= 0.3 is 0 Å². The van der Waals surface area contributed by atoms with Gasteiger partial charge in [-0.25, -0.2) is 0 Å². The van der Waals surface area contributed by atoms with Crippen molar-refractivity contribution in [3.05, 3.63) is 29.8 Å². The summed E-state index contributed by atoms with van der Waals surface area (Å²) in [5.41, 5.74) is 1.50. The molecule has 0 spiro atoms. The number of benzene rings is 1. The van der Waals surface area contributed by atoms with Crippen molar-refractivity contribution in [2.75, 3.05) is 6.54 Å². The van der Waals surface area contributed by atoms with Gasteiger partial charge in [-0.3, -0.25) is 0 Å². The van der Waals surface area contributed by atoms with Crippen molar-refractivity contribution < 1.29 is 4.74 Å². The predicted molar refractivity (Wildman–Crippen MR) is 90.1 cm³/mol. The van der Waals surface area contributed by atoms with Gasteiger partial charge in [0.2, 0.25) is 0 Å². The van der Waals surface area contributed by atoms with Crippen LogP contribution < -0.4 is 10.1 Å². The molecule has 1 saturated carbocycles. The second kappa shape index (κ2) is 7.31. The Bertz CT molecular complexity index is 429. The number of hydrogen-bond acceptors (Lipinski definition) is 2. The number of ether oxygens (including phenoxy) is 1. The average Bonchev–Trinajstić information content (AvgIpc) is 2.46. The van der Waals surface area contributed by atoms with Crippen LogP contribution in [-0.4, -0.2) is 18.7 Å². The normalized spacial score (nSPS) is 18.5. The minimum absolute atomic E-state index is 0.170. The second-order valence-corrected chi connectivity index (χ2v) is 7.45. The summed E-state index contributed by atoms with van der Waals surface area (Å²) in [6.45, 7) is 9.80. The van der Waals surface area contributed by atoms with Crippen LogP contribution in [0.15, 0.2) is 24.3 Å². The van der Waals surface area contributed by atoms with E-state index in [1.807, 2.05) is 0 Å². The van der Waals surface area contributed by atoms with Crippen molar-refractivity contribution >= 4 is 0 Å². The number of hydrogen-bond donors (Lipinski definition) is 1. The Balaban J connectivity index is 1.83. The summed E-state index contributed by atoms with van der Waals surface area (Å²) in [4.78, 5) is 0. The lowest BCUT2D eigenvalue weighted by molar-refractivity contribution is 0.205. The molecule has 1 N–H and O–H groups in total. The summed E-state index contributed by atoms with van der Waals surface area (Å²) in [5.74, 6) is 0.986. The summed E-state index contributed by atoms with van der Waals surface area (Å²) in [5, 5.41) is 3.66. The molecule has 0 bridgehead atoms. The van der Waals surface area contributed by atoms with E-state index < -0.39 is 0 Å². The quantitative estimate of drug-likeness (QED) is 0.850. The van der Waals surface area contributed by atoms with Crippen LogP contribution >= 0.6 is 0 Å². The van der Waals surface area contributed by atoms with Crippen LogP contribution in [0.3, 0.4) is 0 Å². The van der Waals surface area contributed by atoms with Gasteiger partial charge in [0, 0.05) is 12.6 Å². The zero-order valence-electron chi connectivity index (χ0n) is 14.1. The van der Waals surface area contributed by atoms with Crippen molar-refractivity contribution in [1.29, 1.82) is 0 Å². The van der Waals surface area contributed by atoms with Gasteiger partial charge in [-0.1, -0.05) is 52.2 Å². The molecule has 2 nitrogen and oxygen atoms in total. The van der Waals surface area contributed by atoms with Crippen LogP contribution in [0.25, 0.3) is 0 Å². The maximum absolute atomic E-state index is 6.08. The van der Waals surface area contributed by atoms with E-state index >= 15 is 0 Å². The molecule has 0 saturated heterocycles. The van der Waals surface area contributed by atoms with Crippen molar-refractivity contribution in [2.45, 2.75) is 77.4 Å². The zero-order valence-corrected chi connectivity index (χ0v) is 14.1. The summed E-state index contributed by atoms with van der Waals surface area (Å²) in [7, 11) is 0. The highest BCUT2D eigenvalue weighted by molar-refractivity contribution is 5.32. The molecule has 0 amide bonds. The van der Waals surface area contributed by atoms with E-state index in [1.54, 1.807) is 0 Å². The van der Waals surface area contributed by atoms with Crippen LogP contribution in [0.2, 0.25) is 0 Å². The fourth-order valence-electron chi connectivity index (χ4n) is 2.95. The van der Waals surface area contributed by atoms with Gasteiger partial charge in [0.05, 0.1) is 0 Å². The maximum Gasteiger partial charge on any atom is 0.120 e. The van der Waals surface area contributed by atoms with Crippen LogP contribution in [0.5, 0.6) is 5.75 Å². The largest absolute Gasteiger partial charge is 0.489 e. The van der Waals surface area contributed by atoms with E-state index in [2.05, 4.69) is 57.3 Å². The molecule has 118 valence electrons. The van der Waals surface area contributed by atoms with Gasteiger partial charge in [0.25, 0.3) is 0 Å². The minimum atomic E-state index is 0.170. The van der Waals surface area contributed by atoms with Crippen LogP contribution in [0.4, 0.5) is 0 Å². The standard InChI is InChI=1S/C19H31NO/c1-15(14-20-17-10-6-5-7-11-17)21-18-12-8-9-16(13-18)19(2,3)4/h8-9,12-13,15,17,20H,5-7,10-11,14H2,1-4H3. The first kappa shape index (κ1) is 16.4. The van der Waals surface area contributed by atoms with Gasteiger partial charge in [-0.2, -0.15) is 0 Å². The van der Waals surface area contributed by atoms with Crippen molar-refractivity contribution in [2.24, 2.45) is 0 Å². The van der Waals surface area contributed by atoms with E-state index in [-0.39, 0.29) is 11.5 Å². The van der Waals surface area contributed by atoms with Gasteiger partial charge < -0.3 is 10.1 Å². The SMILES string of the molecule is CC(CNC1CCCCC1)Oc1cccc(C(C)(C)C)c1. The molecular formula is C19H31NO. The number of nitrogens with one attached hydrogen (secondary N) is 1. The lowest BCUT2D eigenvalue weighted by Gasteiger charge is -2.25. The maximum atomic E-state index is 6.08. The molecular weight excluding hydrogens is 258 g/mol. The summed E-state index contributed by atoms with van der Waals surface area (Å²) in [6, 6.07) is 9.21. The van der Waals surface area contributed by atoms with Crippen LogP contribution in [-0.2, 0) is 5.41 Å². The first-order chi connectivity index (χ1) is 9.95. The first-order valence-corrected chi connectivity index (χ1v) is 8.46. The Morgan fingerprint density at radius 3 is 2.57 bits per heavy atom. The minimum Gasteiger partial charge on any atom is -0.489 e. The summed E-state index contributed by atoms with van der Waals surface area (Å²) >= 11 is 0. The Hall–Kier alpha value is -1.02. The fourth-order valence-corrected chi connectivity index (χ4v) is 2.95. The third kappa shape index (κ3) is 5.35. The Morgan fingerprint density at radius 1 is 1.19 bits per heavy atom. The number of rotatable bonds is 5. The molecule has 21 heavy (non-hydrogen) atoms. The van der Waals surface area contributed by atoms with Crippen LogP contribution in [0.1, 0.15) is 65.4 Å². The molecule has 0 radical (unpaired) electrons. The molecule has 2 heteroatoms. The molecule has 2 rings (SSSR count). The molecule has 1 aliphatic carbocycles. The summed E-state index contributed by atoms with van der Waals surface area (Å²) < 4.78 is 6.08. The van der Waals surface area contributed by atoms with Crippen molar-refractivity contribution in [3.63, 3.8) is 0 Å². The molecule has 0 aliphatic heterocycles. The summed E-state index contributed by atoms with van der Waals surface area (Å²) in [6.07, 6.45) is 7.02. The Morgan fingerprint density at radius 2 is 1.90 bits per heavy atom. The highest BCUT2D eigenvalue weighted by Gasteiger charge is 2.16. The molecule has 1 aromatic carbocycles. The predicted octanol–water partition coefficient (Wildman–Crippen LogP) is 4.67. The fraction of sp³-hybridized carbons (Fsp3) is 0.684. The lowest BCUT2D eigenvalue weighted by Crippen LogP contribution is -2.37. The Kier molecular flexibility index (Phi) is 5.69. The molecule has 1 fully saturated rings. The molecule has 1 atom stereocenters. The highest BCUT2D eigenvalue weighted by atomic mass is 16.5. The molecule has 1 aromatic rings. The van der Waals surface area contributed by atoms with E-state index in [4.69, 9.17) is 4.74 Å². The van der Waals surface area contributed by atoms with Gasteiger partial charge in [0.1, 0.15) is 11.9 Å². The third-order valence-electron chi connectivity index (χ3n) is 4.34. The topological polar surface area (TPSA) is 21.3 Å². The first-order valence-electron chi connectivity index (χ1n) is 8.46. The second-order valence-electron chi connectivity index (χ2n) is 7.45. The smallest absolute Gasteiger partial charge is 0.120 e. The van der Waals surface area contributed by atoms with Gasteiger partial charge in [0.15, 0.2) is 0 Å². The monoisotopic (exact) mass is 289 g/mol. The van der Waals surface area contributed by atoms with Crippen molar-refractivity contribution in [1.82, 2.24) is 5.32 Å². The van der Waals surface area contributed by atoms with E-state index in [9.17, 15) is 0 Å². The molecule has 1 aliphatic rings. The molecule has 0 aromatic heterocycles. The van der Waals surface area contributed by atoms with Crippen molar-refractivity contribution in [3.8, 4) is 5.75 Å². The van der Waals surface area contributed by atoms with Crippen LogP contribution in [0, 0.1) is 0 Å². The highest BCUT2D eigenvalue weighted by Crippen LogP contribution is 2.26. The average molecular weight is 289 g/mol. The zero-order chi connectivity index (χ0) is 15.3. The lowest BCUT2D eigenvalue weighted by atomic mass is 9.87. The van der Waals surface area contributed by atoms with E-state index in [0.29, 0.717) is 6.04 Å². The molecule has 0 heterocycles.